The Hall–Kier alpha value is -1.63. The Morgan fingerprint density at radius 3 is 2.47 bits per heavy atom. The zero-order chi connectivity index (χ0) is 12.3. The fourth-order valence-corrected chi connectivity index (χ4v) is 2.58. The van der Waals surface area contributed by atoms with E-state index in [-0.39, 0.29) is 0 Å². The molecule has 2 nitrogen and oxygen atoms in total. The molecule has 0 aliphatic carbocycles. The summed E-state index contributed by atoms with van der Waals surface area (Å²) in [6.45, 7) is 0. The van der Waals surface area contributed by atoms with Crippen molar-refractivity contribution < 1.29 is 0 Å². The lowest BCUT2D eigenvalue weighted by molar-refractivity contribution is 1.38. The fourth-order valence-electron chi connectivity index (χ4n) is 1.38. The van der Waals surface area contributed by atoms with Gasteiger partial charge in [-0.15, -0.1) is 0 Å². The maximum Gasteiger partial charge on any atom is 0.103 e. The molecule has 0 heterocycles. The van der Waals surface area contributed by atoms with Crippen LogP contribution in [-0.4, -0.2) is 0 Å². The van der Waals surface area contributed by atoms with Crippen LogP contribution in [0.25, 0.3) is 0 Å². The van der Waals surface area contributed by atoms with Crippen molar-refractivity contribution in [1.29, 1.82) is 5.26 Å². The van der Waals surface area contributed by atoms with E-state index in [2.05, 4.69) is 0 Å². The Balaban J connectivity index is 2.39. The van der Waals surface area contributed by atoms with Crippen molar-refractivity contribution in [1.82, 2.24) is 0 Å². The second-order valence-corrected chi connectivity index (χ2v) is 4.86. The number of nitrogens with zero attached hydrogens (tertiary/aromatic N) is 1. The Labute approximate surface area is 109 Å². The zero-order valence-corrected chi connectivity index (χ0v) is 10.4. The number of nitrogens with two attached hydrogens (primary N) is 1. The number of nitrogen functional groups attached to an aromatic ring is 1. The molecule has 0 bridgehead atoms. The van der Waals surface area contributed by atoms with Gasteiger partial charge in [0.05, 0.1) is 16.3 Å². The molecular weight excluding hydrogens is 252 g/mol. The van der Waals surface area contributed by atoms with Gasteiger partial charge in [0.15, 0.2) is 0 Å². The molecule has 2 aromatic carbocycles. The third-order valence-corrected chi connectivity index (χ3v) is 3.79. The molecule has 2 rings (SSSR count). The summed E-state index contributed by atoms with van der Waals surface area (Å²) in [7, 11) is 0. The molecule has 2 aromatic rings. The Morgan fingerprint density at radius 2 is 1.82 bits per heavy atom. The van der Waals surface area contributed by atoms with Crippen molar-refractivity contribution >= 4 is 29.1 Å². The first-order valence-corrected chi connectivity index (χ1v) is 6.13. The molecule has 0 aromatic heterocycles. The molecule has 0 fully saturated rings. The highest BCUT2D eigenvalue weighted by Crippen LogP contribution is 2.36. The molecule has 0 aliphatic rings. The van der Waals surface area contributed by atoms with E-state index >= 15 is 0 Å². The van der Waals surface area contributed by atoms with Crippen molar-refractivity contribution in [3.8, 4) is 6.07 Å². The van der Waals surface area contributed by atoms with E-state index < -0.39 is 0 Å². The average molecular weight is 261 g/mol. The van der Waals surface area contributed by atoms with Gasteiger partial charge in [-0.25, -0.2) is 0 Å². The summed E-state index contributed by atoms with van der Waals surface area (Å²) < 4.78 is 0. The molecule has 0 saturated heterocycles. The SMILES string of the molecule is N#Cc1c(N)ccc(Sc2ccccc2)c1Cl. The highest BCUT2D eigenvalue weighted by Gasteiger charge is 2.10. The highest BCUT2D eigenvalue weighted by atomic mass is 35.5. The van der Waals surface area contributed by atoms with Gasteiger partial charge in [-0.3, -0.25) is 0 Å². The van der Waals surface area contributed by atoms with Gasteiger partial charge in [0.1, 0.15) is 6.07 Å². The van der Waals surface area contributed by atoms with Gasteiger partial charge in [-0.05, 0) is 24.3 Å². The van der Waals surface area contributed by atoms with E-state index in [1.165, 1.54) is 11.8 Å². The molecule has 0 amide bonds. The molecule has 17 heavy (non-hydrogen) atoms. The molecular formula is C13H9ClN2S. The smallest absolute Gasteiger partial charge is 0.103 e. The molecule has 0 unspecified atom stereocenters. The maximum atomic E-state index is 8.97. The van der Waals surface area contributed by atoms with E-state index in [4.69, 9.17) is 22.6 Å². The number of rotatable bonds is 2. The molecule has 0 radical (unpaired) electrons. The van der Waals surface area contributed by atoms with E-state index in [0.717, 1.165) is 9.79 Å². The van der Waals surface area contributed by atoms with E-state index in [1.807, 2.05) is 42.5 Å². The second-order valence-electron chi connectivity index (χ2n) is 3.37. The lowest BCUT2D eigenvalue weighted by Gasteiger charge is -2.07. The number of hydrogen-bond acceptors (Lipinski definition) is 3. The third kappa shape index (κ3) is 2.55. The van der Waals surface area contributed by atoms with Crippen LogP contribution in [0.1, 0.15) is 5.56 Å². The van der Waals surface area contributed by atoms with Gasteiger partial charge < -0.3 is 5.73 Å². The highest BCUT2D eigenvalue weighted by molar-refractivity contribution is 7.99. The predicted molar refractivity (Wildman–Crippen MR) is 71.1 cm³/mol. The van der Waals surface area contributed by atoms with Gasteiger partial charge >= 0.3 is 0 Å². The van der Waals surface area contributed by atoms with E-state index in [9.17, 15) is 0 Å². The van der Waals surface area contributed by atoms with Crippen LogP contribution in [0.5, 0.6) is 0 Å². The van der Waals surface area contributed by atoms with Crippen LogP contribution < -0.4 is 5.73 Å². The topological polar surface area (TPSA) is 49.8 Å². The summed E-state index contributed by atoms with van der Waals surface area (Å²) in [5.41, 5.74) is 6.43. The van der Waals surface area contributed by atoms with Gasteiger partial charge in [0.2, 0.25) is 0 Å². The molecule has 0 atom stereocenters. The summed E-state index contributed by atoms with van der Waals surface area (Å²) in [5, 5.41) is 9.38. The fraction of sp³-hybridized carbons (Fsp3) is 0. The largest absolute Gasteiger partial charge is 0.398 e. The van der Waals surface area contributed by atoms with Gasteiger partial charge in [0.25, 0.3) is 0 Å². The summed E-state index contributed by atoms with van der Waals surface area (Å²) in [6, 6.07) is 15.4. The number of anilines is 1. The average Bonchev–Trinajstić information content (AvgIpc) is 2.35. The molecule has 2 N–H and O–H groups in total. The summed E-state index contributed by atoms with van der Waals surface area (Å²) in [4.78, 5) is 1.91. The van der Waals surface area contributed by atoms with Crippen LogP contribution in [0.2, 0.25) is 5.02 Å². The lowest BCUT2D eigenvalue weighted by Crippen LogP contribution is -1.92. The van der Waals surface area contributed by atoms with Crippen LogP contribution in [0, 0.1) is 11.3 Å². The van der Waals surface area contributed by atoms with Crippen LogP contribution in [0.3, 0.4) is 0 Å². The second kappa shape index (κ2) is 5.13. The molecule has 0 saturated carbocycles. The number of nitriles is 1. The number of hydrogen-bond donors (Lipinski definition) is 1. The Kier molecular flexibility index (Phi) is 3.58. The number of halogens is 1. The quantitative estimate of drug-likeness (QED) is 0.832. The standard InChI is InChI=1S/C13H9ClN2S/c14-13-10(8-15)11(16)6-7-12(13)17-9-4-2-1-3-5-9/h1-7H,16H2. The van der Waals surface area contributed by atoms with Crippen LogP contribution >= 0.6 is 23.4 Å². The van der Waals surface area contributed by atoms with Crippen molar-refractivity contribution in [3.63, 3.8) is 0 Å². The first-order chi connectivity index (χ1) is 8.22. The lowest BCUT2D eigenvalue weighted by atomic mass is 10.2. The van der Waals surface area contributed by atoms with Crippen LogP contribution in [0.4, 0.5) is 5.69 Å². The monoisotopic (exact) mass is 260 g/mol. The Bertz CT molecular complexity index is 576. The van der Waals surface area contributed by atoms with E-state index in [0.29, 0.717) is 16.3 Å². The zero-order valence-electron chi connectivity index (χ0n) is 8.85. The summed E-state index contributed by atoms with van der Waals surface area (Å²) >= 11 is 7.65. The minimum absolute atomic E-state index is 0.340. The predicted octanol–water partition coefficient (Wildman–Crippen LogP) is 3.95. The first kappa shape index (κ1) is 11.8. The van der Waals surface area contributed by atoms with Gasteiger partial charge in [0, 0.05) is 9.79 Å². The van der Waals surface area contributed by atoms with Gasteiger partial charge in [-0.1, -0.05) is 41.6 Å². The van der Waals surface area contributed by atoms with Crippen LogP contribution in [-0.2, 0) is 0 Å². The van der Waals surface area contributed by atoms with Crippen LogP contribution in [0.15, 0.2) is 52.3 Å². The first-order valence-electron chi connectivity index (χ1n) is 4.93. The van der Waals surface area contributed by atoms with Gasteiger partial charge in [-0.2, -0.15) is 5.26 Å². The maximum absolute atomic E-state index is 8.97. The Morgan fingerprint density at radius 1 is 1.12 bits per heavy atom. The number of benzene rings is 2. The third-order valence-electron chi connectivity index (χ3n) is 2.22. The molecule has 0 spiro atoms. The molecule has 84 valence electrons. The minimum atomic E-state index is 0.340. The minimum Gasteiger partial charge on any atom is -0.398 e. The van der Waals surface area contributed by atoms with Crippen molar-refractivity contribution in [2.24, 2.45) is 0 Å². The van der Waals surface area contributed by atoms with Crippen molar-refractivity contribution in [2.75, 3.05) is 5.73 Å². The normalized spacial score (nSPS) is 9.88. The van der Waals surface area contributed by atoms with Crippen molar-refractivity contribution in [3.05, 3.63) is 53.1 Å². The molecule has 4 heteroatoms. The van der Waals surface area contributed by atoms with E-state index in [1.54, 1.807) is 6.07 Å². The summed E-state index contributed by atoms with van der Waals surface area (Å²) in [6.07, 6.45) is 0. The van der Waals surface area contributed by atoms with Crippen molar-refractivity contribution in [2.45, 2.75) is 9.79 Å². The summed E-state index contributed by atoms with van der Waals surface area (Å²) in [5.74, 6) is 0. The molecule has 0 aliphatic heterocycles.